The van der Waals surface area contributed by atoms with Crippen molar-refractivity contribution in [3.8, 4) is 0 Å². The van der Waals surface area contributed by atoms with Gasteiger partial charge in [-0.15, -0.1) is 0 Å². The summed E-state index contributed by atoms with van der Waals surface area (Å²) in [7, 11) is -3.72. The highest BCUT2D eigenvalue weighted by Crippen LogP contribution is 2.18. The van der Waals surface area contributed by atoms with Crippen LogP contribution in [-0.2, 0) is 19.6 Å². The molecule has 172 valence electrons. The molecule has 0 spiro atoms. The zero-order chi connectivity index (χ0) is 23.9. The molecule has 0 radical (unpaired) electrons. The largest absolute Gasteiger partial charge is 0.454 e. The van der Waals surface area contributed by atoms with Crippen LogP contribution in [0.15, 0.2) is 53.4 Å². The Kier molecular flexibility index (Phi) is 8.68. The third kappa shape index (κ3) is 6.24. The van der Waals surface area contributed by atoms with Gasteiger partial charge >= 0.3 is 5.97 Å². The van der Waals surface area contributed by atoms with Gasteiger partial charge in [-0.2, -0.15) is 4.31 Å². The highest BCUT2D eigenvalue weighted by molar-refractivity contribution is 7.89. The molecule has 0 aliphatic heterocycles. The number of hydrogen-bond donors (Lipinski definition) is 1. The molecular weight excluding hydrogens is 432 g/mol. The number of esters is 1. The molecule has 0 saturated heterocycles. The van der Waals surface area contributed by atoms with E-state index in [0.717, 1.165) is 0 Å². The van der Waals surface area contributed by atoms with Crippen LogP contribution in [0.1, 0.15) is 48.4 Å². The quantitative estimate of drug-likeness (QED) is 0.430. The second kappa shape index (κ2) is 11.0. The normalized spacial score (nSPS) is 11.4. The second-order valence-electron chi connectivity index (χ2n) is 7.34. The first-order valence-corrected chi connectivity index (χ1v) is 11.8. The Morgan fingerprint density at radius 2 is 1.59 bits per heavy atom. The number of carbonyl (C=O) groups excluding carboxylic acids is 3. The summed E-state index contributed by atoms with van der Waals surface area (Å²) in [4.78, 5) is 36.4. The topological polar surface area (TPSA) is 110 Å². The van der Waals surface area contributed by atoms with Crippen LogP contribution in [0.2, 0.25) is 0 Å². The molecule has 2 rings (SSSR count). The summed E-state index contributed by atoms with van der Waals surface area (Å²) >= 11 is 0. The van der Waals surface area contributed by atoms with Crippen LogP contribution < -0.4 is 5.32 Å². The number of Topliss-reactive ketones (excluding diaryl/α,β-unsaturated/α-hetero) is 1. The summed E-state index contributed by atoms with van der Waals surface area (Å²) < 4.78 is 31.7. The third-order valence-corrected chi connectivity index (χ3v) is 6.79. The SMILES string of the molecule is CCN(CC)S(=O)(=O)c1cccc(C(=O)OCC(=O)c2ccc(NC(=O)C(C)C)cc2)c1. The lowest BCUT2D eigenvalue weighted by Gasteiger charge is -2.18. The minimum atomic E-state index is -3.72. The van der Waals surface area contributed by atoms with E-state index in [9.17, 15) is 22.8 Å². The van der Waals surface area contributed by atoms with E-state index < -0.39 is 28.4 Å². The maximum absolute atomic E-state index is 12.6. The van der Waals surface area contributed by atoms with Crippen molar-refractivity contribution in [1.82, 2.24) is 4.31 Å². The average molecular weight is 461 g/mol. The number of ketones is 1. The van der Waals surface area contributed by atoms with Crippen LogP contribution in [0.3, 0.4) is 0 Å². The molecule has 1 amide bonds. The van der Waals surface area contributed by atoms with Crippen molar-refractivity contribution < 1.29 is 27.5 Å². The number of hydrogen-bond acceptors (Lipinski definition) is 6. The Balaban J connectivity index is 2.03. The van der Waals surface area contributed by atoms with E-state index >= 15 is 0 Å². The van der Waals surface area contributed by atoms with E-state index in [2.05, 4.69) is 5.32 Å². The fourth-order valence-corrected chi connectivity index (χ4v) is 4.32. The smallest absolute Gasteiger partial charge is 0.338 e. The molecule has 32 heavy (non-hydrogen) atoms. The monoisotopic (exact) mass is 460 g/mol. The highest BCUT2D eigenvalue weighted by atomic mass is 32.2. The predicted molar refractivity (Wildman–Crippen MR) is 121 cm³/mol. The summed E-state index contributed by atoms with van der Waals surface area (Å²) in [6.07, 6.45) is 0. The van der Waals surface area contributed by atoms with Crippen molar-refractivity contribution in [2.24, 2.45) is 5.92 Å². The first kappa shape index (κ1) is 25.2. The zero-order valence-electron chi connectivity index (χ0n) is 18.6. The van der Waals surface area contributed by atoms with Crippen molar-refractivity contribution in [3.63, 3.8) is 0 Å². The van der Waals surface area contributed by atoms with Gasteiger partial charge in [0.05, 0.1) is 10.5 Å². The molecule has 0 unspecified atom stereocenters. The van der Waals surface area contributed by atoms with Crippen LogP contribution in [0, 0.1) is 5.92 Å². The Bertz CT molecular complexity index is 1070. The van der Waals surface area contributed by atoms with Gasteiger partial charge in [-0.05, 0) is 42.5 Å². The lowest BCUT2D eigenvalue weighted by Crippen LogP contribution is -2.30. The summed E-state index contributed by atoms with van der Waals surface area (Å²) in [6.45, 7) is 7.13. The van der Waals surface area contributed by atoms with Crippen molar-refractivity contribution in [1.29, 1.82) is 0 Å². The number of anilines is 1. The number of sulfonamides is 1. The van der Waals surface area contributed by atoms with Gasteiger partial charge in [-0.1, -0.05) is 33.8 Å². The second-order valence-corrected chi connectivity index (χ2v) is 9.28. The Morgan fingerprint density at radius 3 is 2.16 bits per heavy atom. The fourth-order valence-electron chi connectivity index (χ4n) is 2.82. The first-order valence-electron chi connectivity index (χ1n) is 10.3. The number of nitrogens with zero attached hydrogens (tertiary/aromatic N) is 1. The van der Waals surface area contributed by atoms with E-state index in [0.29, 0.717) is 24.3 Å². The van der Waals surface area contributed by atoms with Crippen LogP contribution in [-0.4, -0.2) is 50.1 Å². The Morgan fingerprint density at radius 1 is 0.969 bits per heavy atom. The highest BCUT2D eigenvalue weighted by Gasteiger charge is 2.23. The predicted octanol–water partition coefficient (Wildman–Crippen LogP) is 3.35. The number of rotatable bonds is 10. The minimum absolute atomic E-state index is 0.0130. The third-order valence-electron chi connectivity index (χ3n) is 4.75. The van der Waals surface area contributed by atoms with Crippen LogP contribution in [0.25, 0.3) is 0 Å². The molecule has 2 aromatic carbocycles. The van der Waals surface area contributed by atoms with Gasteiger partial charge in [-0.3, -0.25) is 9.59 Å². The zero-order valence-corrected chi connectivity index (χ0v) is 19.4. The average Bonchev–Trinajstić information content (AvgIpc) is 2.78. The Labute approximate surface area is 188 Å². The molecule has 2 aromatic rings. The molecule has 0 aliphatic rings. The van der Waals surface area contributed by atoms with Gasteiger partial charge < -0.3 is 10.1 Å². The van der Waals surface area contributed by atoms with Gasteiger partial charge in [0.2, 0.25) is 15.9 Å². The minimum Gasteiger partial charge on any atom is -0.454 e. The molecule has 0 saturated carbocycles. The van der Waals surface area contributed by atoms with E-state index in [4.69, 9.17) is 4.74 Å². The van der Waals surface area contributed by atoms with Crippen LogP contribution in [0.4, 0.5) is 5.69 Å². The van der Waals surface area contributed by atoms with Gasteiger partial charge in [0.15, 0.2) is 12.4 Å². The molecular formula is C23H28N2O6S. The molecule has 9 heteroatoms. The van der Waals surface area contributed by atoms with Crippen molar-refractivity contribution >= 4 is 33.4 Å². The Hall–Kier alpha value is -3.04. The van der Waals surface area contributed by atoms with E-state index in [-0.39, 0.29) is 22.3 Å². The number of carbonyl (C=O) groups is 3. The molecule has 0 atom stereocenters. The van der Waals surface area contributed by atoms with Crippen LogP contribution in [0.5, 0.6) is 0 Å². The number of nitrogens with one attached hydrogen (secondary N) is 1. The number of ether oxygens (including phenoxy) is 1. The maximum atomic E-state index is 12.6. The summed E-state index contributed by atoms with van der Waals surface area (Å²) in [5.74, 6) is -1.53. The van der Waals surface area contributed by atoms with Gasteiger partial charge in [0, 0.05) is 30.3 Å². The molecule has 0 aliphatic carbocycles. The van der Waals surface area contributed by atoms with Crippen molar-refractivity contribution in [3.05, 3.63) is 59.7 Å². The fraction of sp³-hybridized carbons (Fsp3) is 0.348. The van der Waals surface area contributed by atoms with Crippen LogP contribution >= 0.6 is 0 Å². The van der Waals surface area contributed by atoms with Crippen molar-refractivity contribution in [2.45, 2.75) is 32.6 Å². The number of benzene rings is 2. The van der Waals surface area contributed by atoms with E-state index in [1.54, 1.807) is 39.8 Å². The maximum Gasteiger partial charge on any atom is 0.338 e. The molecule has 0 bridgehead atoms. The van der Waals surface area contributed by atoms with E-state index in [1.165, 1.54) is 40.7 Å². The van der Waals surface area contributed by atoms with Gasteiger partial charge in [0.25, 0.3) is 0 Å². The van der Waals surface area contributed by atoms with E-state index in [1.807, 2.05) is 0 Å². The van der Waals surface area contributed by atoms with Gasteiger partial charge in [0.1, 0.15) is 0 Å². The lowest BCUT2D eigenvalue weighted by atomic mass is 10.1. The summed E-state index contributed by atoms with van der Waals surface area (Å²) in [6, 6.07) is 11.8. The standard InChI is InChI=1S/C23H28N2O6S/c1-5-25(6-2)32(29,30)20-9-7-8-18(14-20)23(28)31-15-21(26)17-10-12-19(13-11-17)24-22(27)16(3)4/h7-14,16H,5-6,15H2,1-4H3,(H,24,27). The lowest BCUT2D eigenvalue weighted by molar-refractivity contribution is -0.118. The molecule has 0 heterocycles. The van der Waals surface area contributed by atoms with Gasteiger partial charge in [-0.25, -0.2) is 13.2 Å². The first-order chi connectivity index (χ1) is 15.1. The summed E-state index contributed by atoms with van der Waals surface area (Å²) in [5.41, 5.74) is 0.916. The van der Waals surface area contributed by atoms with Crippen molar-refractivity contribution in [2.75, 3.05) is 25.0 Å². The number of amides is 1. The molecule has 0 aromatic heterocycles. The molecule has 1 N–H and O–H groups in total. The molecule has 0 fully saturated rings. The molecule has 8 nitrogen and oxygen atoms in total. The summed E-state index contributed by atoms with van der Waals surface area (Å²) in [5, 5.41) is 2.72.